The highest BCUT2D eigenvalue weighted by Crippen LogP contribution is 2.46. The van der Waals surface area contributed by atoms with Gasteiger partial charge in [0.15, 0.2) is 19.9 Å². The molecule has 0 fully saturated rings. The highest BCUT2D eigenvalue weighted by atomic mass is 28.3. The minimum atomic E-state index is -4.44. The zero-order valence-corrected chi connectivity index (χ0v) is 22.1. The third kappa shape index (κ3) is 4.27. The first-order valence-electron chi connectivity index (χ1n) is 12.0. The molecule has 36 heavy (non-hydrogen) atoms. The van der Waals surface area contributed by atoms with Crippen LogP contribution < -0.4 is 5.32 Å². The van der Waals surface area contributed by atoms with Gasteiger partial charge >= 0.3 is 6.18 Å². The lowest BCUT2D eigenvalue weighted by molar-refractivity contribution is -0.137. The first-order valence-corrected chi connectivity index (χ1v) is 14.2. The number of hydrogen-bond donors (Lipinski definition) is 1. The van der Waals surface area contributed by atoms with E-state index in [9.17, 15) is 22.0 Å². The summed E-state index contributed by atoms with van der Waals surface area (Å²) in [4.78, 5) is 4.47. The van der Waals surface area contributed by atoms with E-state index in [2.05, 4.69) is 56.1 Å². The molecule has 0 saturated carbocycles. The van der Waals surface area contributed by atoms with Crippen LogP contribution in [0.1, 0.15) is 47.1 Å². The summed E-state index contributed by atoms with van der Waals surface area (Å²) >= 11 is 0. The Morgan fingerprint density at radius 1 is 0.833 bits per heavy atom. The van der Waals surface area contributed by atoms with Crippen molar-refractivity contribution in [3.8, 4) is 0 Å². The fraction of sp³-hybridized carbons (Fsp3) is 0.370. The second-order valence-electron chi connectivity index (χ2n) is 10.3. The fourth-order valence-electron chi connectivity index (χ4n) is 5.98. The summed E-state index contributed by atoms with van der Waals surface area (Å²) in [6, 6.07) is 8.99. The van der Waals surface area contributed by atoms with Crippen molar-refractivity contribution in [2.24, 2.45) is 0 Å². The van der Waals surface area contributed by atoms with Crippen molar-refractivity contribution in [3.63, 3.8) is 0 Å². The number of nitrogens with one attached hydrogen (secondary N) is 1. The van der Waals surface area contributed by atoms with Crippen molar-refractivity contribution < 1.29 is 22.0 Å². The van der Waals surface area contributed by atoms with E-state index in [1.807, 2.05) is 6.20 Å². The largest absolute Gasteiger partial charge is 0.416 e. The summed E-state index contributed by atoms with van der Waals surface area (Å²) in [7, 11) is -2.31. The van der Waals surface area contributed by atoms with Crippen LogP contribution in [0.3, 0.4) is 0 Å². The van der Waals surface area contributed by atoms with Crippen molar-refractivity contribution in [2.75, 3.05) is 5.32 Å². The van der Waals surface area contributed by atoms with Crippen LogP contribution >= 0.6 is 0 Å². The molecule has 0 spiro atoms. The summed E-state index contributed by atoms with van der Waals surface area (Å²) in [5.74, 6) is -1.45. The molecule has 0 aliphatic rings. The van der Waals surface area contributed by atoms with Crippen molar-refractivity contribution in [2.45, 2.75) is 64.3 Å². The van der Waals surface area contributed by atoms with Gasteiger partial charge in [-0.1, -0.05) is 41.5 Å². The Kier molecular flexibility index (Phi) is 6.66. The van der Waals surface area contributed by atoms with Crippen molar-refractivity contribution in [1.29, 1.82) is 0 Å². The van der Waals surface area contributed by atoms with Gasteiger partial charge in [0.1, 0.15) is 5.82 Å². The van der Waals surface area contributed by atoms with E-state index >= 15 is 0 Å². The first kappa shape index (κ1) is 26.1. The molecule has 3 nitrogen and oxygen atoms in total. The van der Waals surface area contributed by atoms with Crippen LogP contribution in [-0.2, 0) is 6.18 Å². The molecule has 0 saturated heterocycles. The van der Waals surface area contributed by atoms with Crippen LogP contribution in [0.2, 0.25) is 16.6 Å². The SMILES string of the molecule is CC(C)[Si](C(C)C)(C(C)C)n1cc(Nc2ccc3cc(C(F)(F)F)ccc3n2)c2cc(F)c(F)cc21. The lowest BCUT2D eigenvalue weighted by Gasteiger charge is -2.44. The summed E-state index contributed by atoms with van der Waals surface area (Å²) in [5.41, 5.74) is 1.79. The van der Waals surface area contributed by atoms with Crippen molar-refractivity contribution in [3.05, 3.63) is 65.9 Å². The predicted octanol–water partition coefficient (Wildman–Crippen LogP) is 9.25. The molecule has 0 bridgehead atoms. The number of rotatable bonds is 6. The van der Waals surface area contributed by atoms with Gasteiger partial charge < -0.3 is 9.55 Å². The molecule has 0 radical (unpaired) electrons. The molecule has 0 aliphatic heterocycles. The van der Waals surface area contributed by atoms with Crippen molar-refractivity contribution in [1.82, 2.24) is 9.22 Å². The second-order valence-corrected chi connectivity index (χ2v) is 16.0. The molecule has 0 atom stereocenters. The van der Waals surface area contributed by atoms with Crippen LogP contribution in [0.15, 0.2) is 48.7 Å². The van der Waals surface area contributed by atoms with Gasteiger partial charge in [0.05, 0.1) is 16.8 Å². The maximum Gasteiger partial charge on any atom is 0.416 e. The Balaban J connectivity index is 1.88. The lowest BCUT2D eigenvalue weighted by atomic mass is 10.1. The molecule has 9 heteroatoms. The van der Waals surface area contributed by atoms with Gasteiger partial charge in [-0.25, -0.2) is 13.8 Å². The Morgan fingerprint density at radius 3 is 2.03 bits per heavy atom. The molecule has 1 N–H and O–H groups in total. The number of alkyl halides is 3. The second kappa shape index (κ2) is 9.17. The number of benzene rings is 2. The van der Waals surface area contributed by atoms with Crippen molar-refractivity contribution >= 4 is 41.5 Å². The highest BCUT2D eigenvalue weighted by molar-refractivity contribution is 6.82. The fourth-order valence-corrected chi connectivity index (χ4v) is 12.6. The van der Waals surface area contributed by atoms with Gasteiger partial charge in [-0.15, -0.1) is 0 Å². The molecule has 0 unspecified atom stereocenters. The minimum absolute atomic E-state index is 0.315. The summed E-state index contributed by atoms with van der Waals surface area (Å²) in [6.07, 6.45) is -2.51. The number of nitrogens with zero attached hydrogens (tertiary/aromatic N) is 2. The molecule has 2 heterocycles. The number of halogens is 5. The van der Waals surface area contributed by atoms with Crippen LogP contribution in [0.5, 0.6) is 0 Å². The first-order chi connectivity index (χ1) is 16.8. The van der Waals surface area contributed by atoms with Gasteiger partial charge in [-0.05, 0) is 53.0 Å². The molecule has 2 aromatic carbocycles. The topological polar surface area (TPSA) is 29.9 Å². The van der Waals surface area contributed by atoms with E-state index in [4.69, 9.17) is 0 Å². The average molecular weight is 520 g/mol. The predicted molar refractivity (Wildman–Crippen MR) is 138 cm³/mol. The van der Waals surface area contributed by atoms with Gasteiger partial charge in [0.25, 0.3) is 0 Å². The maximum absolute atomic E-state index is 14.5. The Morgan fingerprint density at radius 2 is 1.44 bits per heavy atom. The van der Waals surface area contributed by atoms with E-state index < -0.39 is 31.6 Å². The molecule has 2 aromatic heterocycles. The van der Waals surface area contributed by atoms with Gasteiger partial charge in [0.2, 0.25) is 0 Å². The Labute approximate surface area is 208 Å². The number of anilines is 2. The van der Waals surface area contributed by atoms with E-state index in [0.29, 0.717) is 49.9 Å². The third-order valence-corrected chi connectivity index (χ3v) is 14.1. The molecular weight excluding hydrogens is 489 g/mol. The van der Waals surface area contributed by atoms with Gasteiger partial charge in [0, 0.05) is 28.6 Å². The van der Waals surface area contributed by atoms with E-state index in [1.165, 1.54) is 18.2 Å². The van der Waals surface area contributed by atoms with Gasteiger partial charge in [-0.3, -0.25) is 0 Å². The molecule has 4 rings (SSSR count). The molecule has 0 amide bonds. The quantitative estimate of drug-likeness (QED) is 0.203. The maximum atomic E-state index is 14.5. The molecular formula is C27H30F5N3Si. The normalized spacial score (nSPS) is 13.1. The van der Waals surface area contributed by atoms with Gasteiger partial charge in [-0.2, -0.15) is 13.2 Å². The number of pyridine rings is 1. The zero-order chi connectivity index (χ0) is 26.6. The van der Waals surface area contributed by atoms with Crippen LogP contribution in [0.25, 0.3) is 21.8 Å². The van der Waals surface area contributed by atoms with Crippen LogP contribution in [0.4, 0.5) is 33.5 Å². The zero-order valence-electron chi connectivity index (χ0n) is 21.1. The summed E-state index contributed by atoms with van der Waals surface area (Å²) < 4.78 is 70.2. The monoisotopic (exact) mass is 519 g/mol. The summed E-state index contributed by atoms with van der Waals surface area (Å²) in [6.45, 7) is 13.1. The van der Waals surface area contributed by atoms with Crippen LogP contribution in [0, 0.1) is 11.6 Å². The van der Waals surface area contributed by atoms with E-state index in [-0.39, 0.29) is 0 Å². The average Bonchev–Trinajstić information content (AvgIpc) is 3.09. The molecule has 0 aliphatic carbocycles. The number of aromatic nitrogens is 2. The van der Waals surface area contributed by atoms with Crippen LogP contribution in [-0.4, -0.2) is 17.5 Å². The number of hydrogen-bond acceptors (Lipinski definition) is 2. The lowest BCUT2D eigenvalue weighted by Crippen LogP contribution is -2.51. The van der Waals surface area contributed by atoms with E-state index in [1.54, 1.807) is 12.1 Å². The standard InChI is InChI=1S/C27H30F5N3Si/c1-15(2)36(16(3)4,17(5)6)35-14-24(20-12-21(28)22(29)13-25(20)35)34-26-10-7-18-11-19(27(30,31)32)8-9-23(18)33-26/h7-17H,1-6H3,(H,33,34). The highest BCUT2D eigenvalue weighted by Gasteiger charge is 2.46. The Bertz CT molecular complexity index is 1400. The summed E-state index contributed by atoms with van der Waals surface area (Å²) in [5, 5.41) is 4.11. The molecule has 192 valence electrons. The third-order valence-electron chi connectivity index (χ3n) is 7.32. The van der Waals surface area contributed by atoms with E-state index in [0.717, 1.165) is 12.1 Å². The number of fused-ring (bicyclic) bond motifs is 2. The molecule has 4 aromatic rings. The minimum Gasteiger partial charge on any atom is -0.371 e. The smallest absolute Gasteiger partial charge is 0.371 e. The Hall–Kier alpha value is -2.94.